The highest BCUT2D eigenvalue weighted by molar-refractivity contribution is 6.14. The van der Waals surface area contributed by atoms with Crippen LogP contribution in [-0.4, -0.2) is 30.8 Å². The predicted octanol–water partition coefficient (Wildman–Crippen LogP) is 9.98. The fraction of sp³-hybridized carbons (Fsp3) is 0.146. The van der Waals surface area contributed by atoms with Gasteiger partial charge >= 0.3 is 0 Å². The number of hydrogen-bond donors (Lipinski definition) is 0. The second-order valence-electron chi connectivity index (χ2n) is 13.4. The lowest BCUT2D eigenvalue weighted by molar-refractivity contribution is -0.113. The third-order valence-electron chi connectivity index (χ3n) is 9.03. The van der Waals surface area contributed by atoms with Crippen molar-refractivity contribution in [1.29, 1.82) is 0 Å². The topological polar surface area (TPSA) is 57.2 Å². The Morgan fingerprint density at radius 2 is 0.759 bits per heavy atom. The van der Waals surface area contributed by atoms with E-state index >= 15 is 0 Å². The first kappa shape index (κ1) is 36.0. The molecule has 0 spiro atoms. The summed E-state index contributed by atoms with van der Waals surface area (Å²) in [6.07, 6.45) is 3.91. The van der Waals surface area contributed by atoms with Gasteiger partial charge in [-0.1, -0.05) is 133 Å². The van der Waals surface area contributed by atoms with Crippen LogP contribution in [-0.2, 0) is 31.2 Å². The smallest absolute Gasteiger partial charge is 0.187 e. The number of carbonyl (C=O) groups excluding carboxylic acids is 1. The molecule has 7 rings (SSSR count). The quantitative estimate of drug-likeness (QED) is 0.105. The van der Waals surface area contributed by atoms with Gasteiger partial charge in [0, 0.05) is 24.2 Å². The summed E-state index contributed by atoms with van der Waals surface area (Å²) in [5.41, 5.74) is 7.36. The molecule has 6 aromatic carbocycles. The first-order chi connectivity index (χ1) is 26.6. The molecule has 0 N–H and O–H groups in total. The number of carbonyl (C=O) groups is 1. The van der Waals surface area contributed by atoms with Crippen LogP contribution in [0.25, 0.3) is 12.2 Å². The molecule has 0 atom stereocenters. The van der Waals surface area contributed by atoms with Crippen molar-refractivity contribution < 1.29 is 23.7 Å². The van der Waals surface area contributed by atoms with Crippen LogP contribution in [0.3, 0.4) is 0 Å². The number of ketones is 1. The fourth-order valence-electron chi connectivity index (χ4n) is 6.25. The fourth-order valence-corrected chi connectivity index (χ4v) is 6.25. The zero-order valence-electron chi connectivity index (χ0n) is 30.4. The van der Waals surface area contributed by atoms with E-state index in [-0.39, 0.29) is 5.78 Å². The van der Waals surface area contributed by atoms with Crippen molar-refractivity contribution in [3.63, 3.8) is 0 Å². The average Bonchev–Trinajstić information content (AvgIpc) is 3.21. The molecule has 0 aromatic heterocycles. The molecular formula is C48H43NO5. The van der Waals surface area contributed by atoms with Gasteiger partial charge in [0.2, 0.25) is 0 Å². The lowest BCUT2D eigenvalue weighted by Gasteiger charge is -2.26. The summed E-state index contributed by atoms with van der Waals surface area (Å²) in [7, 11) is 2.03. The molecular weight excluding hydrogens is 671 g/mol. The lowest BCUT2D eigenvalue weighted by Crippen LogP contribution is -2.34. The van der Waals surface area contributed by atoms with Crippen molar-refractivity contribution in [2.75, 3.05) is 20.1 Å². The highest BCUT2D eigenvalue weighted by Crippen LogP contribution is 2.34. The van der Waals surface area contributed by atoms with Gasteiger partial charge in [0.1, 0.15) is 26.4 Å². The molecule has 6 heteroatoms. The van der Waals surface area contributed by atoms with Gasteiger partial charge in [-0.25, -0.2) is 0 Å². The van der Waals surface area contributed by atoms with Crippen LogP contribution in [0.2, 0.25) is 0 Å². The number of piperidine rings is 1. The van der Waals surface area contributed by atoms with E-state index in [1.807, 2.05) is 177 Å². The van der Waals surface area contributed by atoms with Crippen LogP contribution in [0.15, 0.2) is 169 Å². The van der Waals surface area contributed by atoms with E-state index in [1.165, 1.54) is 0 Å². The van der Waals surface area contributed by atoms with Gasteiger partial charge in [-0.2, -0.15) is 0 Å². The summed E-state index contributed by atoms with van der Waals surface area (Å²) in [4.78, 5) is 16.2. The van der Waals surface area contributed by atoms with Crippen LogP contribution in [0, 0.1) is 0 Å². The van der Waals surface area contributed by atoms with Gasteiger partial charge in [-0.3, -0.25) is 9.69 Å². The number of likely N-dealkylation sites (tertiary alicyclic amines) is 1. The molecule has 1 aliphatic heterocycles. The third-order valence-corrected chi connectivity index (χ3v) is 9.03. The summed E-state index contributed by atoms with van der Waals surface area (Å²) in [5, 5.41) is 0. The molecule has 1 heterocycles. The largest absolute Gasteiger partial charge is 0.485 e. The summed E-state index contributed by atoms with van der Waals surface area (Å²) in [5.74, 6) is 2.54. The van der Waals surface area contributed by atoms with Crippen LogP contribution < -0.4 is 18.9 Å². The molecule has 0 unspecified atom stereocenters. The SMILES string of the molecule is CN1C/C(=C\c2ccc(OCc3ccccc3)c(OCc3ccccc3)c2)C(=O)/C(=C/c2ccc(OCc3ccccc3)c(OCc3ccccc3)c2)C1. The number of ether oxygens (including phenoxy) is 4. The number of benzene rings is 6. The van der Waals surface area contributed by atoms with E-state index < -0.39 is 0 Å². The Kier molecular flexibility index (Phi) is 11.9. The maximum atomic E-state index is 14.0. The molecule has 0 radical (unpaired) electrons. The molecule has 270 valence electrons. The highest BCUT2D eigenvalue weighted by atomic mass is 16.5. The van der Waals surface area contributed by atoms with E-state index in [2.05, 4.69) is 4.90 Å². The Bertz CT molecular complexity index is 2040. The summed E-state index contributed by atoms with van der Waals surface area (Å²) in [6.45, 7) is 2.67. The Morgan fingerprint density at radius 3 is 1.09 bits per heavy atom. The van der Waals surface area contributed by atoms with Crippen LogP contribution >= 0.6 is 0 Å². The number of Topliss-reactive ketones (excluding diaryl/α,β-unsaturated/α-hetero) is 1. The van der Waals surface area contributed by atoms with Crippen molar-refractivity contribution in [1.82, 2.24) is 4.90 Å². The summed E-state index contributed by atoms with van der Waals surface area (Å²) < 4.78 is 25.1. The molecule has 0 saturated carbocycles. The predicted molar refractivity (Wildman–Crippen MR) is 214 cm³/mol. The number of hydrogen-bond acceptors (Lipinski definition) is 6. The Hall–Kier alpha value is -6.37. The van der Waals surface area contributed by atoms with E-state index in [0.29, 0.717) is 73.7 Å². The molecule has 6 nitrogen and oxygen atoms in total. The molecule has 1 fully saturated rings. The van der Waals surface area contributed by atoms with E-state index in [9.17, 15) is 4.79 Å². The second kappa shape index (κ2) is 17.9. The van der Waals surface area contributed by atoms with Gasteiger partial charge in [-0.05, 0) is 76.8 Å². The minimum Gasteiger partial charge on any atom is -0.485 e. The van der Waals surface area contributed by atoms with Gasteiger partial charge < -0.3 is 18.9 Å². The maximum absolute atomic E-state index is 14.0. The van der Waals surface area contributed by atoms with Crippen molar-refractivity contribution in [2.45, 2.75) is 26.4 Å². The van der Waals surface area contributed by atoms with Gasteiger partial charge in [-0.15, -0.1) is 0 Å². The summed E-state index contributed by atoms with van der Waals surface area (Å²) >= 11 is 0. The lowest BCUT2D eigenvalue weighted by atomic mass is 9.94. The molecule has 6 aromatic rings. The minimum atomic E-state index is 0.0143. The highest BCUT2D eigenvalue weighted by Gasteiger charge is 2.24. The summed E-state index contributed by atoms with van der Waals surface area (Å²) in [6, 6.07) is 51.9. The molecule has 1 saturated heterocycles. The third kappa shape index (κ3) is 9.94. The number of nitrogens with zero attached hydrogens (tertiary/aromatic N) is 1. The van der Waals surface area contributed by atoms with Gasteiger partial charge in [0.15, 0.2) is 28.8 Å². The van der Waals surface area contributed by atoms with Crippen molar-refractivity contribution in [2.24, 2.45) is 0 Å². The molecule has 0 aliphatic carbocycles. The molecule has 0 amide bonds. The van der Waals surface area contributed by atoms with Crippen molar-refractivity contribution in [3.05, 3.63) is 202 Å². The van der Waals surface area contributed by atoms with Crippen LogP contribution in [0.1, 0.15) is 33.4 Å². The molecule has 1 aliphatic rings. The number of likely N-dealkylation sites (N-methyl/N-ethyl adjacent to an activating group) is 1. The molecule has 0 bridgehead atoms. The van der Waals surface area contributed by atoms with E-state index in [4.69, 9.17) is 18.9 Å². The van der Waals surface area contributed by atoms with E-state index in [0.717, 1.165) is 33.4 Å². The van der Waals surface area contributed by atoms with Crippen molar-refractivity contribution >= 4 is 17.9 Å². The normalized spacial score (nSPS) is 14.6. The average molecular weight is 714 g/mol. The Balaban J connectivity index is 1.13. The standard InChI is InChI=1S/C48H43NO5/c1-49-30-42(26-40-22-24-44(51-32-36-14-6-2-7-15-36)46(28-40)53-34-38-18-10-4-11-19-38)48(50)43(31-49)27-41-23-25-45(52-33-37-16-8-3-9-17-37)47(29-41)54-35-39-20-12-5-13-21-39/h2-29H,30-35H2,1H3/b42-26+,43-27+. The second-order valence-corrected chi connectivity index (χ2v) is 13.4. The molecule has 54 heavy (non-hydrogen) atoms. The zero-order valence-corrected chi connectivity index (χ0v) is 30.4. The van der Waals surface area contributed by atoms with Crippen LogP contribution in [0.4, 0.5) is 0 Å². The first-order valence-electron chi connectivity index (χ1n) is 18.1. The monoisotopic (exact) mass is 713 g/mol. The Labute approximate surface area is 317 Å². The zero-order chi connectivity index (χ0) is 37.0. The van der Waals surface area contributed by atoms with Gasteiger partial charge in [0.05, 0.1) is 0 Å². The number of rotatable bonds is 14. The van der Waals surface area contributed by atoms with Crippen molar-refractivity contribution in [3.8, 4) is 23.0 Å². The van der Waals surface area contributed by atoms with E-state index in [1.54, 1.807) is 0 Å². The van der Waals surface area contributed by atoms with Gasteiger partial charge in [0.25, 0.3) is 0 Å². The Morgan fingerprint density at radius 1 is 0.444 bits per heavy atom. The van der Waals surface area contributed by atoms with Crippen LogP contribution in [0.5, 0.6) is 23.0 Å². The maximum Gasteiger partial charge on any atom is 0.187 e. The minimum absolute atomic E-state index is 0.0143. The first-order valence-corrected chi connectivity index (χ1v) is 18.1.